The quantitative estimate of drug-likeness (QED) is 0.826. The minimum absolute atomic E-state index is 0.235. The van der Waals surface area contributed by atoms with Gasteiger partial charge in [-0.25, -0.2) is 4.79 Å². The summed E-state index contributed by atoms with van der Waals surface area (Å²) in [6, 6.07) is 8.81. The van der Waals surface area contributed by atoms with Gasteiger partial charge in [0.25, 0.3) is 5.91 Å². The molecule has 2 aromatic heterocycles. The maximum atomic E-state index is 11.8. The van der Waals surface area contributed by atoms with Crippen LogP contribution in [0.2, 0.25) is 0 Å². The summed E-state index contributed by atoms with van der Waals surface area (Å²) in [4.78, 5) is 27.9. The van der Waals surface area contributed by atoms with Crippen molar-refractivity contribution in [1.29, 1.82) is 0 Å². The molecule has 0 radical (unpaired) electrons. The average Bonchev–Trinajstić information content (AvgIpc) is 2.91. The highest BCUT2D eigenvalue weighted by molar-refractivity contribution is 7.12. The van der Waals surface area contributed by atoms with Crippen LogP contribution in [0.4, 0.5) is 0 Å². The van der Waals surface area contributed by atoms with Crippen LogP contribution < -0.4 is 5.32 Å². The number of carboxylic acid groups (broad SMARTS) is 1. The third-order valence-corrected chi connectivity index (χ3v) is 3.44. The molecule has 0 aliphatic rings. The van der Waals surface area contributed by atoms with Gasteiger partial charge in [-0.15, -0.1) is 11.3 Å². The van der Waals surface area contributed by atoms with Crippen LogP contribution in [0.1, 0.15) is 20.2 Å². The summed E-state index contributed by atoms with van der Waals surface area (Å²) >= 11 is 1.43. The summed E-state index contributed by atoms with van der Waals surface area (Å²) in [7, 11) is 0. The molecule has 0 fully saturated rings. The SMILES string of the molecule is O=C(O)C=Cc1ccc(CNC(=O)c2ccccn2)s1. The number of carbonyl (C=O) groups is 2. The lowest BCUT2D eigenvalue weighted by Crippen LogP contribution is -2.23. The van der Waals surface area contributed by atoms with Crippen molar-refractivity contribution in [2.75, 3.05) is 0 Å². The number of amides is 1. The monoisotopic (exact) mass is 288 g/mol. The zero-order chi connectivity index (χ0) is 14.4. The van der Waals surface area contributed by atoms with Gasteiger partial charge in [-0.1, -0.05) is 6.07 Å². The predicted octanol–water partition coefficient (Wildman–Crippen LogP) is 2.17. The van der Waals surface area contributed by atoms with Crippen molar-refractivity contribution in [1.82, 2.24) is 10.3 Å². The molecule has 0 unspecified atom stereocenters. The highest BCUT2D eigenvalue weighted by Gasteiger charge is 2.06. The van der Waals surface area contributed by atoms with Gasteiger partial charge < -0.3 is 10.4 Å². The van der Waals surface area contributed by atoms with E-state index < -0.39 is 5.97 Å². The second kappa shape index (κ2) is 6.63. The lowest BCUT2D eigenvalue weighted by molar-refractivity contribution is -0.131. The van der Waals surface area contributed by atoms with Gasteiger partial charge in [0, 0.05) is 22.0 Å². The van der Waals surface area contributed by atoms with E-state index in [0.717, 1.165) is 15.8 Å². The summed E-state index contributed by atoms with van der Waals surface area (Å²) in [6.07, 6.45) is 4.17. The Kier molecular flexibility index (Phi) is 4.62. The molecule has 0 bridgehead atoms. The van der Waals surface area contributed by atoms with E-state index in [0.29, 0.717) is 12.2 Å². The number of carbonyl (C=O) groups excluding carboxylic acids is 1. The number of hydrogen-bond donors (Lipinski definition) is 2. The van der Waals surface area contributed by atoms with Crippen molar-refractivity contribution in [2.45, 2.75) is 6.54 Å². The van der Waals surface area contributed by atoms with Crippen LogP contribution in [0.5, 0.6) is 0 Å². The number of aliphatic carboxylic acids is 1. The molecule has 0 aliphatic heterocycles. The molecule has 2 rings (SSSR count). The van der Waals surface area contributed by atoms with Crippen LogP contribution in [0.15, 0.2) is 42.6 Å². The maximum absolute atomic E-state index is 11.8. The Labute approximate surface area is 119 Å². The van der Waals surface area contributed by atoms with Gasteiger partial charge >= 0.3 is 5.97 Å². The minimum Gasteiger partial charge on any atom is -0.478 e. The molecular formula is C14H12N2O3S. The standard InChI is InChI=1S/C14H12N2O3S/c17-13(18)7-6-10-4-5-11(20-10)9-16-14(19)12-3-1-2-8-15-12/h1-8H,9H2,(H,16,19)(H,17,18). The molecule has 20 heavy (non-hydrogen) atoms. The molecule has 0 saturated carbocycles. The molecule has 5 nitrogen and oxygen atoms in total. The molecule has 0 aliphatic carbocycles. The molecule has 2 heterocycles. The van der Waals surface area contributed by atoms with Crippen molar-refractivity contribution >= 4 is 29.3 Å². The molecule has 0 spiro atoms. The van der Waals surface area contributed by atoms with Crippen molar-refractivity contribution < 1.29 is 14.7 Å². The van der Waals surface area contributed by atoms with E-state index in [1.165, 1.54) is 17.4 Å². The number of aromatic nitrogens is 1. The van der Waals surface area contributed by atoms with Crippen molar-refractivity contribution in [3.63, 3.8) is 0 Å². The number of thiophene rings is 1. The number of hydrogen-bond acceptors (Lipinski definition) is 4. The van der Waals surface area contributed by atoms with Gasteiger partial charge in [0.15, 0.2) is 0 Å². The largest absolute Gasteiger partial charge is 0.478 e. The fourth-order valence-electron chi connectivity index (χ4n) is 1.49. The second-order valence-electron chi connectivity index (χ2n) is 3.87. The Bertz CT molecular complexity index is 635. The normalized spacial score (nSPS) is 10.6. The van der Waals surface area contributed by atoms with Crippen molar-refractivity contribution in [2.24, 2.45) is 0 Å². The Hall–Kier alpha value is -2.47. The summed E-state index contributed by atoms with van der Waals surface area (Å²) in [5, 5.41) is 11.3. The molecule has 0 saturated heterocycles. The first-order valence-electron chi connectivity index (χ1n) is 5.84. The Morgan fingerprint density at radius 2 is 2.15 bits per heavy atom. The fourth-order valence-corrected chi connectivity index (χ4v) is 2.34. The van der Waals surface area contributed by atoms with Crippen molar-refractivity contribution in [3.05, 3.63) is 58.1 Å². The Balaban J connectivity index is 1.92. The van der Waals surface area contributed by atoms with Crippen LogP contribution in [0, 0.1) is 0 Å². The van der Waals surface area contributed by atoms with Gasteiger partial charge in [0.2, 0.25) is 0 Å². The predicted molar refractivity (Wildman–Crippen MR) is 76.4 cm³/mol. The number of nitrogens with zero attached hydrogens (tertiary/aromatic N) is 1. The van der Waals surface area contributed by atoms with E-state index in [9.17, 15) is 9.59 Å². The zero-order valence-corrected chi connectivity index (χ0v) is 11.3. The lowest BCUT2D eigenvalue weighted by atomic mass is 10.3. The zero-order valence-electron chi connectivity index (χ0n) is 10.4. The van der Waals surface area contributed by atoms with Crippen molar-refractivity contribution in [3.8, 4) is 0 Å². The maximum Gasteiger partial charge on any atom is 0.328 e. The summed E-state index contributed by atoms with van der Waals surface area (Å²) in [5.74, 6) is -1.22. The third-order valence-electron chi connectivity index (χ3n) is 2.39. The first-order valence-corrected chi connectivity index (χ1v) is 6.66. The lowest BCUT2D eigenvalue weighted by Gasteiger charge is -2.02. The molecule has 102 valence electrons. The van der Waals surface area contributed by atoms with E-state index >= 15 is 0 Å². The molecule has 2 N–H and O–H groups in total. The first kappa shape index (κ1) is 14.0. The summed E-state index contributed by atoms with van der Waals surface area (Å²) in [6.45, 7) is 0.390. The van der Waals surface area contributed by atoms with E-state index in [1.807, 2.05) is 12.1 Å². The van der Waals surface area contributed by atoms with Gasteiger partial charge in [-0.3, -0.25) is 9.78 Å². The van der Waals surface area contributed by atoms with Crippen LogP contribution in [-0.4, -0.2) is 22.0 Å². The molecule has 1 amide bonds. The highest BCUT2D eigenvalue weighted by atomic mass is 32.1. The average molecular weight is 288 g/mol. The first-order chi connectivity index (χ1) is 9.65. The second-order valence-corrected chi connectivity index (χ2v) is 5.07. The van der Waals surface area contributed by atoms with Gasteiger partial charge in [0.05, 0.1) is 6.54 Å². The minimum atomic E-state index is -0.983. The molecule has 6 heteroatoms. The van der Waals surface area contributed by atoms with Crippen LogP contribution in [-0.2, 0) is 11.3 Å². The fraction of sp³-hybridized carbons (Fsp3) is 0.0714. The Morgan fingerprint density at radius 1 is 1.30 bits per heavy atom. The van der Waals surface area contributed by atoms with Crippen LogP contribution >= 0.6 is 11.3 Å². The molecule has 0 atom stereocenters. The summed E-state index contributed by atoms with van der Waals surface area (Å²) in [5.41, 5.74) is 0.370. The molecule has 0 aromatic carbocycles. The smallest absolute Gasteiger partial charge is 0.328 e. The van der Waals surface area contributed by atoms with Crippen LogP contribution in [0.3, 0.4) is 0 Å². The third kappa shape index (κ3) is 4.03. The van der Waals surface area contributed by atoms with Gasteiger partial charge in [-0.05, 0) is 30.3 Å². The van der Waals surface area contributed by atoms with Gasteiger partial charge in [-0.2, -0.15) is 0 Å². The van der Waals surface area contributed by atoms with Crippen LogP contribution in [0.25, 0.3) is 6.08 Å². The number of carboxylic acids is 1. The highest BCUT2D eigenvalue weighted by Crippen LogP contribution is 2.17. The topological polar surface area (TPSA) is 79.3 Å². The van der Waals surface area contributed by atoms with E-state index in [4.69, 9.17) is 5.11 Å². The number of nitrogens with one attached hydrogen (secondary N) is 1. The molecular weight excluding hydrogens is 276 g/mol. The van der Waals surface area contributed by atoms with E-state index in [2.05, 4.69) is 10.3 Å². The molecule has 2 aromatic rings. The summed E-state index contributed by atoms with van der Waals surface area (Å²) < 4.78 is 0. The van der Waals surface area contributed by atoms with E-state index in [1.54, 1.807) is 24.4 Å². The Morgan fingerprint density at radius 3 is 2.85 bits per heavy atom. The van der Waals surface area contributed by atoms with Gasteiger partial charge in [0.1, 0.15) is 5.69 Å². The number of pyridine rings is 1. The van der Waals surface area contributed by atoms with E-state index in [-0.39, 0.29) is 5.91 Å². The number of rotatable bonds is 5.